The summed E-state index contributed by atoms with van der Waals surface area (Å²) in [6, 6.07) is 7.69. The summed E-state index contributed by atoms with van der Waals surface area (Å²) in [7, 11) is 0. The van der Waals surface area contributed by atoms with Crippen molar-refractivity contribution in [3.05, 3.63) is 41.3 Å². The maximum absolute atomic E-state index is 5.61. The van der Waals surface area contributed by atoms with Crippen LogP contribution in [0.5, 0.6) is 0 Å². The molecule has 0 spiro atoms. The fourth-order valence-electron chi connectivity index (χ4n) is 1.57. The Morgan fingerprint density at radius 3 is 2.73 bits per heavy atom. The van der Waals surface area contributed by atoms with E-state index < -0.39 is 0 Å². The van der Waals surface area contributed by atoms with Crippen LogP contribution in [0.4, 0.5) is 5.82 Å². The molecule has 4 heteroatoms. The number of rotatable bonds is 2. The lowest BCUT2D eigenvalue weighted by Gasteiger charge is -2.04. The Bertz CT molecular complexity index is 473. The Morgan fingerprint density at radius 1 is 1.33 bits per heavy atom. The molecule has 0 fully saturated rings. The molecule has 15 heavy (non-hydrogen) atoms. The van der Waals surface area contributed by atoms with E-state index in [1.807, 2.05) is 36.7 Å². The third-order valence-corrected chi connectivity index (χ3v) is 2.24. The van der Waals surface area contributed by atoms with Gasteiger partial charge < -0.3 is 5.73 Å². The Morgan fingerprint density at radius 2 is 2.13 bits per heavy atom. The summed E-state index contributed by atoms with van der Waals surface area (Å²) in [5.41, 5.74) is 8.71. The van der Waals surface area contributed by atoms with Crippen molar-refractivity contribution >= 4 is 5.82 Å². The van der Waals surface area contributed by atoms with Crippen LogP contribution in [0.15, 0.2) is 24.3 Å². The molecule has 0 aliphatic carbocycles. The second kappa shape index (κ2) is 3.73. The third-order valence-electron chi connectivity index (χ3n) is 2.24. The number of nitrogens with two attached hydrogens (primary N) is 1. The first-order valence-electron chi connectivity index (χ1n) is 4.87. The molecule has 2 N–H and O–H groups in total. The zero-order chi connectivity index (χ0) is 10.8. The van der Waals surface area contributed by atoms with Gasteiger partial charge in [-0.25, -0.2) is 4.98 Å². The van der Waals surface area contributed by atoms with Gasteiger partial charge in [-0.2, -0.15) is 5.10 Å². The molecule has 0 unspecified atom stereocenters. The van der Waals surface area contributed by atoms with Gasteiger partial charge in [-0.3, -0.25) is 4.68 Å². The molecule has 0 bridgehead atoms. The number of nitrogens with zero attached hydrogens (tertiary/aromatic N) is 3. The molecule has 4 nitrogen and oxygen atoms in total. The summed E-state index contributed by atoms with van der Waals surface area (Å²) >= 11 is 0. The van der Waals surface area contributed by atoms with E-state index in [0.29, 0.717) is 12.4 Å². The van der Waals surface area contributed by atoms with Crippen molar-refractivity contribution in [2.75, 3.05) is 5.73 Å². The lowest BCUT2D eigenvalue weighted by molar-refractivity contribution is 0.647. The molecule has 0 amide bonds. The highest BCUT2D eigenvalue weighted by Crippen LogP contribution is 2.06. The third kappa shape index (κ3) is 2.15. The van der Waals surface area contributed by atoms with Gasteiger partial charge in [0, 0.05) is 5.69 Å². The summed E-state index contributed by atoms with van der Waals surface area (Å²) in [6.07, 6.45) is 0. The molecule has 0 aliphatic rings. The Balaban J connectivity index is 2.25. The Kier molecular flexibility index (Phi) is 2.41. The SMILES string of the molecule is Cc1cc(C)n(Cc2cccc(N)n2)n1. The van der Waals surface area contributed by atoms with E-state index in [0.717, 1.165) is 17.1 Å². The molecule has 0 aromatic carbocycles. The largest absolute Gasteiger partial charge is 0.384 e. The second-order valence-corrected chi connectivity index (χ2v) is 3.64. The van der Waals surface area contributed by atoms with Gasteiger partial charge in [0.05, 0.1) is 17.9 Å². The van der Waals surface area contributed by atoms with Crippen LogP contribution >= 0.6 is 0 Å². The normalized spacial score (nSPS) is 10.5. The number of hydrogen-bond acceptors (Lipinski definition) is 3. The van der Waals surface area contributed by atoms with E-state index in [-0.39, 0.29) is 0 Å². The van der Waals surface area contributed by atoms with Crippen LogP contribution < -0.4 is 5.73 Å². The molecule has 2 aromatic heterocycles. The summed E-state index contributed by atoms with van der Waals surface area (Å²) in [6.45, 7) is 4.69. The van der Waals surface area contributed by atoms with Crippen molar-refractivity contribution in [3.63, 3.8) is 0 Å². The van der Waals surface area contributed by atoms with Gasteiger partial charge >= 0.3 is 0 Å². The minimum Gasteiger partial charge on any atom is -0.384 e. The Hall–Kier alpha value is -1.84. The van der Waals surface area contributed by atoms with Gasteiger partial charge in [0.25, 0.3) is 0 Å². The quantitative estimate of drug-likeness (QED) is 0.803. The molecule has 78 valence electrons. The average molecular weight is 202 g/mol. The van der Waals surface area contributed by atoms with E-state index in [2.05, 4.69) is 10.1 Å². The topological polar surface area (TPSA) is 56.7 Å². The standard InChI is InChI=1S/C11H14N4/c1-8-6-9(2)15(14-8)7-10-4-3-5-11(12)13-10/h3-6H,7H2,1-2H3,(H2,12,13). The van der Waals surface area contributed by atoms with Gasteiger partial charge in [0.1, 0.15) is 5.82 Å². The minimum atomic E-state index is 0.550. The molecule has 0 radical (unpaired) electrons. The molecule has 0 saturated heterocycles. The number of nitrogen functional groups attached to an aromatic ring is 1. The Labute approximate surface area is 88.8 Å². The van der Waals surface area contributed by atoms with Crippen LogP contribution in [-0.2, 0) is 6.54 Å². The van der Waals surface area contributed by atoms with Crippen molar-refractivity contribution in [3.8, 4) is 0 Å². The molecule has 0 atom stereocenters. The zero-order valence-corrected chi connectivity index (χ0v) is 8.94. The second-order valence-electron chi connectivity index (χ2n) is 3.64. The lowest BCUT2D eigenvalue weighted by Crippen LogP contribution is -2.06. The highest BCUT2D eigenvalue weighted by Gasteiger charge is 2.02. The van der Waals surface area contributed by atoms with Gasteiger partial charge in [0.15, 0.2) is 0 Å². The summed E-state index contributed by atoms with van der Waals surface area (Å²) in [4.78, 5) is 4.24. The van der Waals surface area contributed by atoms with Crippen molar-refractivity contribution in [1.29, 1.82) is 0 Å². The number of aryl methyl sites for hydroxylation is 2. The maximum atomic E-state index is 5.61. The van der Waals surface area contributed by atoms with E-state index in [4.69, 9.17) is 5.73 Å². The molecular weight excluding hydrogens is 188 g/mol. The highest BCUT2D eigenvalue weighted by molar-refractivity contribution is 5.28. The smallest absolute Gasteiger partial charge is 0.123 e. The van der Waals surface area contributed by atoms with Crippen molar-refractivity contribution in [2.45, 2.75) is 20.4 Å². The molecule has 2 heterocycles. The average Bonchev–Trinajstić information content (AvgIpc) is 2.45. The minimum absolute atomic E-state index is 0.550. The molecular formula is C11H14N4. The fourth-order valence-corrected chi connectivity index (χ4v) is 1.57. The molecule has 0 aliphatic heterocycles. The first-order chi connectivity index (χ1) is 7.15. The number of anilines is 1. The first kappa shape index (κ1) is 9.71. The predicted octanol–water partition coefficient (Wildman–Crippen LogP) is 1.53. The predicted molar refractivity (Wildman–Crippen MR) is 59.5 cm³/mol. The lowest BCUT2D eigenvalue weighted by atomic mass is 10.3. The van der Waals surface area contributed by atoms with Gasteiger partial charge in [-0.05, 0) is 32.0 Å². The van der Waals surface area contributed by atoms with Crippen molar-refractivity contribution in [1.82, 2.24) is 14.8 Å². The van der Waals surface area contributed by atoms with Crippen LogP contribution in [0.1, 0.15) is 17.1 Å². The number of pyridine rings is 1. The van der Waals surface area contributed by atoms with E-state index in [9.17, 15) is 0 Å². The van der Waals surface area contributed by atoms with Crippen LogP contribution in [0, 0.1) is 13.8 Å². The zero-order valence-electron chi connectivity index (χ0n) is 8.94. The summed E-state index contributed by atoms with van der Waals surface area (Å²) in [5, 5.41) is 4.37. The van der Waals surface area contributed by atoms with E-state index in [1.165, 1.54) is 0 Å². The monoisotopic (exact) mass is 202 g/mol. The summed E-state index contributed by atoms with van der Waals surface area (Å²) < 4.78 is 1.93. The van der Waals surface area contributed by atoms with E-state index in [1.54, 1.807) is 6.07 Å². The number of aromatic nitrogens is 3. The maximum Gasteiger partial charge on any atom is 0.123 e. The summed E-state index contributed by atoms with van der Waals surface area (Å²) in [5.74, 6) is 0.550. The van der Waals surface area contributed by atoms with Crippen LogP contribution in [0.2, 0.25) is 0 Å². The molecule has 2 rings (SSSR count). The number of hydrogen-bond donors (Lipinski definition) is 1. The highest BCUT2D eigenvalue weighted by atomic mass is 15.3. The molecule has 0 saturated carbocycles. The van der Waals surface area contributed by atoms with Gasteiger partial charge in [-0.15, -0.1) is 0 Å². The van der Waals surface area contributed by atoms with Crippen LogP contribution in [0.25, 0.3) is 0 Å². The van der Waals surface area contributed by atoms with Gasteiger partial charge in [-0.1, -0.05) is 6.07 Å². The van der Waals surface area contributed by atoms with Crippen molar-refractivity contribution in [2.24, 2.45) is 0 Å². The van der Waals surface area contributed by atoms with Crippen LogP contribution in [-0.4, -0.2) is 14.8 Å². The first-order valence-corrected chi connectivity index (χ1v) is 4.87. The molecule has 2 aromatic rings. The van der Waals surface area contributed by atoms with Crippen molar-refractivity contribution < 1.29 is 0 Å². The fraction of sp³-hybridized carbons (Fsp3) is 0.273. The van der Waals surface area contributed by atoms with Gasteiger partial charge in [0.2, 0.25) is 0 Å². The van der Waals surface area contributed by atoms with E-state index >= 15 is 0 Å². The van der Waals surface area contributed by atoms with Crippen LogP contribution in [0.3, 0.4) is 0 Å².